The molecule has 2 heteroatoms. The number of hydrogen-bond acceptors (Lipinski definition) is 1. The molecule has 0 fully saturated rings. The van der Waals surface area contributed by atoms with E-state index in [2.05, 4.69) is 259 Å². The highest BCUT2D eigenvalue weighted by Gasteiger charge is 2.27. The van der Waals surface area contributed by atoms with Crippen molar-refractivity contribution in [3.05, 3.63) is 249 Å². The summed E-state index contributed by atoms with van der Waals surface area (Å²) in [6.07, 6.45) is 0. The highest BCUT2D eigenvalue weighted by molar-refractivity contribution is 6.17. The average Bonchev–Trinajstić information content (AvgIpc) is 3.75. The molecule has 12 rings (SSSR count). The van der Waals surface area contributed by atoms with Crippen LogP contribution < -0.4 is 4.90 Å². The van der Waals surface area contributed by atoms with E-state index in [9.17, 15) is 0 Å². The number of anilines is 3. The van der Waals surface area contributed by atoms with Crippen LogP contribution in [0.2, 0.25) is 0 Å². The molecule has 1 heterocycles. The molecule has 0 aliphatic rings. The first-order chi connectivity index (χ1) is 31.8. The van der Waals surface area contributed by atoms with E-state index < -0.39 is 0 Å². The van der Waals surface area contributed by atoms with Crippen molar-refractivity contribution in [1.29, 1.82) is 0 Å². The number of rotatable bonds is 8. The predicted octanol–water partition coefficient (Wildman–Crippen LogP) is 17.4. The monoisotopic (exact) mass is 814 g/mol. The minimum absolute atomic E-state index is 1.08. The quantitative estimate of drug-likeness (QED) is 0.162. The van der Waals surface area contributed by atoms with Crippen LogP contribution in [0, 0.1) is 0 Å². The Morgan fingerprint density at radius 1 is 0.250 bits per heavy atom. The third-order valence-corrected chi connectivity index (χ3v) is 12.8. The highest BCUT2D eigenvalue weighted by Crippen LogP contribution is 2.53. The SMILES string of the molecule is c1ccc(-c2ccc3c([nH]c4ccccc43)c2-c2cccc(N(c3ccccc3-c3cccc4ccccc34)c3ccccc3-c3cccc4ccccc34)c2-c2ccccc2)cc1. The Labute approximate surface area is 373 Å². The van der Waals surface area contributed by atoms with Crippen LogP contribution in [0.15, 0.2) is 249 Å². The van der Waals surface area contributed by atoms with Crippen molar-refractivity contribution in [3.8, 4) is 55.6 Å². The molecular weight excluding hydrogens is 773 g/mol. The molecule has 0 bridgehead atoms. The Balaban J connectivity index is 1.23. The second-order valence-electron chi connectivity index (χ2n) is 16.4. The molecule has 0 saturated heterocycles. The third kappa shape index (κ3) is 6.27. The molecule has 64 heavy (non-hydrogen) atoms. The summed E-state index contributed by atoms with van der Waals surface area (Å²) in [6.45, 7) is 0. The number of hydrogen-bond donors (Lipinski definition) is 1. The lowest BCUT2D eigenvalue weighted by Crippen LogP contribution is -2.14. The van der Waals surface area contributed by atoms with E-state index in [1.807, 2.05) is 0 Å². The van der Waals surface area contributed by atoms with Crippen LogP contribution in [0.5, 0.6) is 0 Å². The standard InChI is InChI=1S/C62H42N2/c1-3-20-44(21-4-1)48-40-41-54-51-30-11-14-36-56(51)63-62(54)61(48)55-35-19-39-59(60(55)45-24-5-2-6-25-45)64(57-37-15-12-31-52(57)49-33-17-26-42-22-7-9-28-46(42)49)58-38-16-13-32-53(58)50-34-18-27-43-23-8-10-29-47(43)50/h1-41,63H. The summed E-state index contributed by atoms with van der Waals surface area (Å²) in [6, 6.07) is 90.6. The smallest absolute Gasteiger partial charge is 0.0551 e. The van der Waals surface area contributed by atoms with Gasteiger partial charge in [0.05, 0.1) is 22.6 Å². The van der Waals surface area contributed by atoms with Crippen molar-refractivity contribution in [2.75, 3.05) is 4.90 Å². The van der Waals surface area contributed by atoms with Gasteiger partial charge in [0.1, 0.15) is 0 Å². The maximum absolute atomic E-state index is 3.93. The molecule has 11 aromatic carbocycles. The van der Waals surface area contributed by atoms with Gasteiger partial charge in [-0.15, -0.1) is 0 Å². The van der Waals surface area contributed by atoms with Crippen LogP contribution in [0.4, 0.5) is 17.1 Å². The Hall–Kier alpha value is -8.46. The zero-order chi connectivity index (χ0) is 42.4. The van der Waals surface area contributed by atoms with Crippen molar-refractivity contribution in [2.24, 2.45) is 0 Å². The molecule has 0 spiro atoms. The van der Waals surface area contributed by atoms with Gasteiger partial charge in [-0.1, -0.05) is 224 Å². The van der Waals surface area contributed by atoms with Gasteiger partial charge in [-0.05, 0) is 79.2 Å². The minimum atomic E-state index is 1.08. The van der Waals surface area contributed by atoms with Crippen molar-refractivity contribution >= 4 is 60.4 Å². The Bertz CT molecular complexity index is 3540. The largest absolute Gasteiger partial charge is 0.354 e. The van der Waals surface area contributed by atoms with Crippen molar-refractivity contribution in [3.63, 3.8) is 0 Å². The fraction of sp³-hybridized carbons (Fsp3) is 0. The molecule has 0 radical (unpaired) electrons. The molecule has 1 N–H and O–H groups in total. The number of benzene rings is 11. The van der Waals surface area contributed by atoms with Gasteiger partial charge in [0.15, 0.2) is 0 Å². The van der Waals surface area contributed by atoms with Crippen molar-refractivity contribution in [1.82, 2.24) is 4.98 Å². The lowest BCUT2D eigenvalue weighted by atomic mass is 9.86. The van der Waals surface area contributed by atoms with E-state index in [0.717, 1.165) is 55.9 Å². The molecule has 0 aliphatic heterocycles. The fourth-order valence-electron chi connectivity index (χ4n) is 10.0. The normalized spacial score (nSPS) is 11.4. The molecule has 0 aliphatic carbocycles. The number of H-pyrrole nitrogens is 1. The zero-order valence-electron chi connectivity index (χ0n) is 35.1. The van der Waals surface area contributed by atoms with Crippen LogP contribution >= 0.6 is 0 Å². The number of fused-ring (bicyclic) bond motifs is 5. The molecule has 0 amide bonds. The maximum Gasteiger partial charge on any atom is 0.0551 e. The summed E-state index contributed by atoms with van der Waals surface area (Å²) in [5.74, 6) is 0. The van der Waals surface area contributed by atoms with Gasteiger partial charge in [-0.2, -0.15) is 0 Å². The number of aromatic amines is 1. The predicted molar refractivity (Wildman–Crippen MR) is 273 cm³/mol. The second-order valence-corrected chi connectivity index (χ2v) is 16.4. The van der Waals surface area contributed by atoms with Crippen LogP contribution in [0.1, 0.15) is 0 Å². The van der Waals surface area contributed by atoms with E-state index in [0.29, 0.717) is 0 Å². The highest BCUT2D eigenvalue weighted by atomic mass is 15.2. The first-order valence-electron chi connectivity index (χ1n) is 22.0. The zero-order valence-corrected chi connectivity index (χ0v) is 35.1. The molecule has 0 atom stereocenters. The molecular formula is C62H42N2. The summed E-state index contributed by atoms with van der Waals surface area (Å²) in [7, 11) is 0. The van der Waals surface area contributed by atoms with Crippen LogP contribution in [-0.4, -0.2) is 4.98 Å². The summed E-state index contributed by atoms with van der Waals surface area (Å²) < 4.78 is 0. The topological polar surface area (TPSA) is 19.0 Å². The Morgan fingerprint density at radius 2 is 0.703 bits per heavy atom. The van der Waals surface area contributed by atoms with E-state index >= 15 is 0 Å². The first kappa shape index (κ1) is 37.3. The van der Waals surface area contributed by atoms with Gasteiger partial charge >= 0.3 is 0 Å². The van der Waals surface area contributed by atoms with Gasteiger partial charge in [-0.25, -0.2) is 0 Å². The fourth-order valence-corrected chi connectivity index (χ4v) is 10.0. The van der Waals surface area contributed by atoms with Gasteiger partial charge < -0.3 is 9.88 Å². The van der Waals surface area contributed by atoms with Crippen molar-refractivity contribution < 1.29 is 0 Å². The summed E-state index contributed by atoms with van der Waals surface area (Å²) in [4.78, 5) is 6.46. The lowest BCUT2D eigenvalue weighted by molar-refractivity contribution is 1.29. The molecule has 1 aromatic heterocycles. The minimum Gasteiger partial charge on any atom is -0.354 e. The Kier molecular flexibility index (Phi) is 9.20. The molecule has 2 nitrogen and oxygen atoms in total. The van der Waals surface area contributed by atoms with Gasteiger partial charge in [0.25, 0.3) is 0 Å². The second kappa shape index (κ2) is 15.8. The van der Waals surface area contributed by atoms with E-state index in [1.165, 1.54) is 60.1 Å². The molecule has 300 valence electrons. The summed E-state index contributed by atoms with van der Waals surface area (Å²) in [5.41, 5.74) is 17.1. The number of nitrogens with zero attached hydrogens (tertiary/aromatic N) is 1. The summed E-state index contributed by atoms with van der Waals surface area (Å²) >= 11 is 0. The van der Waals surface area contributed by atoms with Crippen molar-refractivity contribution in [2.45, 2.75) is 0 Å². The first-order valence-corrected chi connectivity index (χ1v) is 22.0. The maximum atomic E-state index is 3.93. The molecule has 0 saturated carbocycles. The van der Waals surface area contributed by atoms with Crippen LogP contribution in [0.3, 0.4) is 0 Å². The number of nitrogens with one attached hydrogen (secondary N) is 1. The number of aromatic nitrogens is 1. The van der Waals surface area contributed by atoms with Crippen LogP contribution in [-0.2, 0) is 0 Å². The summed E-state index contributed by atoms with van der Waals surface area (Å²) in [5, 5.41) is 7.28. The molecule has 0 unspecified atom stereocenters. The Morgan fingerprint density at radius 3 is 1.34 bits per heavy atom. The lowest BCUT2D eigenvalue weighted by Gasteiger charge is -2.33. The van der Waals surface area contributed by atoms with E-state index in [-0.39, 0.29) is 0 Å². The molecule has 12 aromatic rings. The van der Waals surface area contributed by atoms with E-state index in [1.54, 1.807) is 0 Å². The van der Waals surface area contributed by atoms with Gasteiger partial charge in [0.2, 0.25) is 0 Å². The van der Waals surface area contributed by atoms with Gasteiger partial charge in [0, 0.05) is 38.5 Å². The van der Waals surface area contributed by atoms with Crippen LogP contribution in [0.25, 0.3) is 99.0 Å². The van der Waals surface area contributed by atoms with Gasteiger partial charge in [-0.3, -0.25) is 0 Å². The van der Waals surface area contributed by atoms with E-state index in [4.69, 9.17) is 0 Å². The third-order valence-electron chi connectivity index (χ3n) is 12.8. The number of para-hydroxylation sites is 3. The average molecular weight is 815 g/mol.